The standard InChI is InChI=1S/C25H32N6/c1-18-14-27-30(2)25(18)23-8-9-24(29-28-23)26-11-10-20-12-21-16-31(17-22(21)13-20)15-19-6-4-3-5-7-19/h3-9,14,20-22H,10-13,15-17H2,1-2H3,(H,26,29)/t20?,21-,22+. The first-order chi connectivity index (χ1) is 15.2. The van der Waals surface area contributed by atoms with E-state index in [-0.39, 0.29) is 0 Å². The minimum Gasteiger partial charge on any atom is -0.369 e. The van der Waals surface area contributed by atoms with Crippen LogP contribution in [0.1, 0.15) is 30.4 Å². The van der Waals surface area contributed by atoms with E-state index in [0.29, 0.717) is 0 Å². The normalized spacial score (nSPS) is 23.2. The Hall–Kier alpha value is -2.73. The van der Waals surface area contributed by atoms with Crippen LogP contribution in [0.3, 0.4) is 0 Å². The quantitative estimate of drug-likeness (QED) is 0.627. The van der Waals surface area contributed by atoms with Crippen LogP contribution in [0.2, 0.25) is 0 Å². The summed E-state index contributed by atoms with van der Waals surface area (Å²) >= 11 is 0. The summed E-state index contributed by atoms with van der Waals surface area (Å²) in [6.45, 7) is 6.66. The molecular formula is C25H32N6. The minimum absolute atomic E-state index is 0.839. The Labute approximate surface area is 184 Å². The molecule has 1 aromatic carbocycles. The van der Waals surface area contributed by atoms with Gasteiger partial charge in [0.2, 0.25) is 0 Å². The van der Waals surface area contributed by atoms with Gasteiger partial charge in [0.05, 0.1) is 11.9 Å². The fourth-order valence-corrected chi connectivity index (χ4v) is 5.60. The van der Waals surface area contributed by atoms with Crippen molar-refractivity contribution in [3.05, 3.63) is 59.8 Å². The van der Waals surface area contributed by atoms with Crippen molar-refractivity contribution in [1.82, 2.24) is 24.9 Å². The van der Waals surface area contributed by atoms with Crippen LogP contribution < -0.4 is 5.32 Å². The third kappa shape index (κ3) is 4.49. The Kier molecular flexibility index (Phi) is 5.72. The number of hydrogen-bond acceptors (Lipinski definition) is 5. The number of hydrogen-bond donors (Lipinski definition) is 1. The Morgan fingerprint density at radius 1 is 1.00 bits per heavy atom. The highest BCUT2D eigenvalue weighted by Gasteiger charge is 2.40. The van der Waals surface area contributed by atoms with Crippen molar-refractivity contribution in [3.63, 3.8) is 0 Å². The van der Waals surface area contributed by atoms with Crippen LogP contribution >= 0.6 is 0 Å². The van der Waals surface area contributed by atoms with Gasteiger partial charge >= 0.3 is 0 Å². The molecule has 31 heavy (non-hydrogen) atoms. The van der Waals surface area contributed by atoms with Crippen LogP contribution in [0, 0.1) is 24.7 Å². The molecule has 0 amide bonds. The van der Waals surface area contributed by atoms with Crippen molar-refractivity contribution in [2.75, 3.05) is 25.0 Å². The van der Waals surface area contributed by atoms with Gasteiger partial charge in [0, 0.05) is 33.2 Å². The van der Waals surface area contributed by atoms with Crippen molar-refractivity contribution < 1.29 is 0 Å². The number of aryl methyl sites for hydroxylation is 2. The number of likely N-dealkylation sites (tertiary alicyclic amines) is 1. The molecule has 3 heterocycles. The van der Waals surface area contributed by atoms with Crippen LogP contribution in [-0.4, -0.2) is 44.5 Å². The summed E-state index contributed by atoms with van der Waals surface area (Å²) in [5.74, 6) is 3.46. The van der Waals surface area contributed by atoms with Gasteiger partial charge in [0.25, 0.3) is 0 Å². The predicted molar refractivity (Wildman–Crippen MR) is 124 cm³/mol. The van der Waals surface area contributed by atoms with E-state index in [9.17, 15) is 0 Å². The van der Waals surface area contributed by atoms with Gasteiger partial charge in [-0.3, -0.25) is 9.58 Å². The molecule has 0 spiro atoms. The molecule has 0 bridgehead atoms. The fourth-order valence-electron chi connectivity index (χ4n) is 5.60. The van der Waals surface area contributed by atoms with E-state index in [4.69, 9.17) is 0 Å². The second-order valence-corrected chi connectivity index (χ2v) is 9.36. The number of fused-ring (bicyclic) bond motifs is 1. The zero-order valence-corrected chi connectivity index (χ0v) is 18.5. The lowest BCUT2D eigenvalue weighted by molar-refractivity contribution is 0.288. The van der Waals surface area contributed by atoms with E-state index in [1.807, 2.05) is 37.0 Å². The van der Waals surface area contributed by atoms with E-state index >= 15 is 0 Å². The number of benzene rings is 1. The predicted octanol–water partition coefficient (Wildman–Crippen LogP) is 4.15. The molecule has 1 unspecified atom stereocenters. The molecule has 3 aromatic rings. The number of rotatable bonds is 7. The summed E-state index contributed by atoms with van der Waals surface area (Å²) in [5, 5.41) is 16.5. The van der Waals surface area contributed by atoms with Crippen molar-refractivity contribution in [2.45, 2.75) is 32.7 Å². The van der Waals surface area contributed by atoms with Gasteiger partial charge in [-0.2, -0.15) is 5.10 Å². The van der Waals surface area contributed by atoms with Crippen LogP contribution in [0.4, 0.5) is 5.82 Å². The van der Waals surface area contributed by atoms with Crippen LogP contribution in [-0.2, 0) is 13.6 Å². The highest BCUT2D eigenvalue weighted by molar-refractivity contribution is 5.59. The summed E-state index contributed by atoms with van der Waals surface area (Å²) in [6, 6.07) is 14.9. The van der Waals surface area contributed by atoms with Crippen molar-refractivity contribution in [2.24, 2.45) is 24.8 Å². The second-order valence-electron chi connectivity index (χ2n) is 9.36. The van der Waals surface area contributed by atoms with Crippen LogP contribution in [0.5, 0.6) is 0 Å². The summed E-state index contributed by atoms with van der Waals surface area (Å²) in [7, 11) is 1.94. The molecule has 1 saturated heterocycles. The summed E-state index contributed by atoms with van der Waals surface area (Å²) in [5.41, 5.74) is 4.45. The van der Waals surface area contributed by atoms with E-state index in [0.717, 1.165) is 53.6 Å². The molecule has 162 valence electrons. The number of aromatic nitrogens is 4. The number of anilines is 1. The lowest BCUT2D eigenvalue weighted by Crippen LogP contribution is -2.22. The molecule has 6 heteroatoms. The SMILES string of the molecule is Cc1cnn(C)c1-c1ccc(NCCC2C[C@@H]3CN(Cc4ccccc4)C[C@@H]3C2)nn1. The molecule has 2 aliphatic rings. The fraction of sp³-hybridized carbons (Fsp3) is 0.480. The molecule has 1 aliphatic heterocycles. The van der Waals surface area contributed by atoms with Gasteiger partial charge in [-0.15, -0.1) is 10.2 Å². The van der Waals surface area contributed by atoms with E-state index in [1.165, 1.54) is 37.9 Å². The summed E-state index contributed by atoms with van der Waals surface area (Å²) in [6.07, 6.45) is 5.83. The monoisotopic (exact) mass is 416 g/mol. The Balaban J connectivity index is 1.07. The second kappa shape index (κ2) is 8.79. The van der Waals surface area contributed by atoms with E-state index in [1.54, 1.807) is 0 Å². The highest BCUT2D eigenvalue weighted by Crippen LogP contribution is 2.43. The molecule has 1 N–H and O–H groups in total. The lowest BCUT2D eigenvalue weighted by atomic mass is 10.0. The van der Waals surface area contributed by atoms with Crippen molar-refractivity contribution in [1.29, 1.82) is 0 Å². The molecule has 6 nitrogen and oxygen atoms in total. The van der Waals surface area contributed by atoms with Gasteiger partial charge in [-0.25, -0.2) is 0 Å². The van der Waals surface area contributed by atoms with Gasteiger partial charge in [0.1, 0.15) is 11.5 Å². The summed E-state index contributed by atoms with van der Waals surface area (Å²) in [4.78, 5) is 2.65. The summed E-state index contributed by atoms with van der Waals surface area (Å²) < 4.78 is 1.85. The molecular weight excluding hydrogens is 384 g/mol. The largest absolute Gasteiger partial charge is 0.369 e. The number of nitrogens with zero attached hydrogens (tertiary/aromatic N) is 5. The maximum Gasteiger partial charge on any atom is 0.148 e. The molecule has 1 saturated carbocycles. The third-order valence-electron chi connectivity index (χ3n) is 7.06. The van der Waals surface area contributed by atoms with Crippen molar-refractivity contribution in [3.8, 4) is 11.4 Å². The maximum atomic E-state index is 4.40. The smallest absolute Gasteiger partial charge is 0.148 e. The van der Waals surface area contributed by atoms with Gasteiger partial charge in [-0.1, -0.05) is 30.3 Å². The molecule has 2 fully saturated rings. The molecule has 2 aromatic heterocycles. The average Bonchev–Trinajstić information content (AvgIpc) is 3.42. The topological polar surface area (TPSA) is 58.9 Å². The Morgan fingerprint density at radius 2 is 1.77 bits per heavy atom. The third-order valence-corrected chi connectivity index (χ3v) is 7.06. The van der Waals surface area contributed by atoms with Crippen LogP contribution in [0.15, 0.2) is 48.7 Å². The zero-order valence-electron chi connectivity index (χ0n) is 18.5. The van der Waals surface area contributed by atoms with E-state index in [2.05, 4.69) is 55.8 Å². The first-order valence-corrected chi connectivity index (χ1v) is 11.5. The van der Waals surface area contributed by atoms with Gasteiger partial charge in [-0.05, 0) is 67.2 Å². The average molecular weight is 417 g/mol. The van der Waals surface area contributed by atoms with Gasteiger partial charge < -0.3 is 5.32 Å². The van der Waals surface area contributed by atoms with E-state index < -0.39 is 0 Å². The molecule has 0 radical (unpaired) electrons. The highest BCUT2D eigenvalue weighted by atomic mass is 15.3. The maximum absolute atomic E-state index is 4.40. The Morgan fingerprint density at radius 3 is 2.42 bits per heavy atom. The Bertz CT molecular complexity index is 963. The first kappa shape index (κ1) is 20.2. The molecule has 3 atom stereocenters. The van der Waals surface area contributed by atoms with Gasteiger partial charge in [0.15, 0.2) is 0 Å². The molecule has 5 rings (SSSR count). The zero-order chi connectivity index (χ0) is 21.2. The molecule has 1 aliphatic carbocycles. The minimum atomic E-state index is 0.839. The first-order valence-electron chi connectivity index (χ1n) is 11.5. The number of nitrogens with one attached hydrogen (secondary N) is 1. The lowest BCUT2D eigenvalue weighted by Gasteiger charge is -2.19. The van der Waals surface area contributed by atoms with Crippen LogP contribution in [0.25, 0.3) is 11.4 Å². The van der Waals surface area contributed by atoms with Crippen molar-refractivity contribution >= 4 is 5.82 Å².